The Balaban J connectivity index is 2.05. The molecule has 1 unspecified atom stereocenters. The van der Waals surface area contributed by atoms with E-state index in [-0.39, 0.29) is 6.04 Å². The molecule has 1 fully saturated rings. The normalized spacial score (nSPS) is 19.2. The molecule has 1 aliphatic rings. The molecule has 0 amide bonds. The summed E-state index contributed by atoms with van der Waals surface area (Å²) in [6.45, 7) is 1.37. The maximum absolute atomic E-state index is 6.24. The summed E-state index contributed by atoms with van der Waals surface area (Å²) in [5, 5.41) is 12.6. The first-order valence-corrected chi connectivity index (χ1v) is 7.03. The number of tetrazole rings is 1. The summed E-state index contributed by atoms with van der Waals surface area (Å²) in [6, 6.07) is 3.43. The van der Waals surface area contributed by atoms with E-state index in [0.717, 1.165) is 19.4 Å². The second-order valence-corrected chi connectivity index (χ2v) is 5.47. The molecule has 106 valence electrons. The van der Waals surface area contributed by atoms with Gasteiger partial charge in [0.25, 0.3) is 0 Å². The van der Waals surface area contributed by atoms with E-state index in [1.165, 1.54) is 0 Å². The van der Waals surface area contributed by atoms with Crippen LogP contribution in [0.1, 0.15) is 18.9 Å². The summed E-state index contributed by atoms with van der Waals surface area (Å²) in [5.74, 6) is 0.555. The molecule has 1 saturated heterocycles. The zero-order valence-electron chi connectivity index (χ0n) is 10.6. The zero-order chi connectivity index (χ0) is 14.1. The van der Waals surface area contributed by atoms with Crippen LogP contribution in [0.5, 0.6) is 0 Å². The Kier molecular flexibility index (Phi) is 3.78. The van der Waals surface area contributed by atoms with Crippen LogP contribution in [0.15, 0.2) is 12.1 Å². The van der Waals surface area contributed by atoms with Crippen molar-refractivity contribution in [1.82, 2.24) is 20.2 Å². The van der Waals surface area contributed by atoms with Gasteiger partial charge in [-0.3, -0.25) is 0 Å². The number of nitrogen functional groups attached to an aromatic ring is 1. The lowest BCUT2D eigenvalue weighted by molar-refractivity contribution is 0.0548. The van der Waals surface area contributed by atoms with Gasteiger partial charge >= 0.3 is 0 Å². The smallest absolute Gasteiger partial charge is 0.184 e. The van der Waals surface area contributed by atoms with Crippen molar-refractivity contribution < 1.29 is 4.74 Å². The third kappa shape index (κ3) is 2.46. The van der Waals surface area contributed by atoms with Gasteiger partial charge in [0, 0.05) is 17.9 Å². The van der Waals surface area contributed by atoms with Crippen LogP contribution in [0.3, 0.4) is 0 Å². The van der Waals surface area contributed by atoms with E-state index in [1.54, 1.807) is 16.8 Å². The number of halogens is 2. The average Bonchev–Trinajstić information content (AvgIpc) is 2.93. The minimum absolute atomic E-state index is 0.102. The van der Waals surface area contributed by atoms with Crippen molar-refractivity contribution in [3.63, 3.8) is 0 Å². The molecule has 2 aromatic rings. The lowest BCUT2D eigenvalue weighted by Gasteiger charge is -2.22. The highest BCUT2D eigenvalue weighted by atomic mass is 35.5. The number of hydrogen-bond acceptors (Lipinski definition) is 5. The topological polar surface area (TPSA) is 78.9 Å². The van der Waals surface area contributed by atoms with E-state index in [9.17, 15) is 0 Å². The van der Waals surface area contributed by atoms with Gasteiger partial charge < -0.3 is 10.5 Å². The van der Waals surface area contributed by atoms with E-state index >= 15 is 0 Å². The van der Waals surface area contributed by atoms with E-state index in [2.05, 4.69) is 15.5 Å². The van der Waals surface area contributed by atoms with Crippen molar-refractivity contribution in [2.75, 3.05) is 18.9 Å². The quantitative estimate of drug-likeness (QED) is 0.862. The van der Waals surface area contributed by atoms with Crippen LogP contribution < -0.4 is 5.73 Å². The molecule has 0 saturated carbocycles. The van der Waals surface area contributed by atoms with Crippen molar-refractivity contribution in [3.05, 3.63) is 22.2 Å². The number of hydrogen-bond donors (Lipinski definition) is 1. The van der Waals surface area contributed by atoms with Gasteiger partial charge in [-0.1, -0.05) is 23.2 Å². The Labute approximate surface area is 125 Å². The van der Waals surface area contributed by atoms with E-state index in [1.807, 2.05) is 0 Å². The lowest BCUT2D eigenvalue weighted by Crippen LogP contribution is -2.23. The molecule has 20 heavy (non-hydrogen) atoms. The Morgan fingerprint density at radius 1 is 1.35 bits per heavy atom. The lowest BCUT2D eigenvalue weighted by atomic mass is 10.1. The van der Waals surface area contributed by atoms with Crippen LogP contribution in [0.4, 0.5) is 5.69 Å². The predicted octanol–water partition coefficient (Wildman–Crippen LogP) is 2.58. The van der Waals surface area contributed by atoms with Gasteiger partial charge in [0.05, 0.1) is 22.7 Å². The van der Waals surface area contributed by atoms with Gasteiger partial charge in [0.1, 0.15) is 0 Å². The van der Waals surface area contributed by atoms with Gasteiger partial charge in [-0.05, 0) is 35.4 Å². The molecule has 1 aliphatic heterocycles. The van der Waals surface area contributed by atoms with Crippen molar-refractivity contribution >= 4 is 28.9 Å². The minimum atomic E-state index is 0.102. The van der Waals surface area contributed by atoms with Crippen molar-refractivity contribution in [3.8, 4) is 11.4 Å². The fourth-order valence-corrected chi connectivity index (χ4v) is 2.73. The Morgan fingerprint density at radius 3 is 2.95 bits per heavy atom. The fraction of sp³-hybridized carbons (Fsp3) is 0.417. The summed E-state index contributed by atoms with van der Waals surface area (Å²) in [4.78, 5) is 0. The monoisotopic (exact) mass is 313 g/mol. The number of rotatable bonds is 2. The predicted molar refractivity (Wildman–Crippen MR) is 76.8 cm³/mol. The number of aromatic nitrogens is 4. The van der Waals surface area contributed by atoms with Gasteiger partial charge in [-0.2, -0.15) is 0 Å². The van der Waals surface area contributed by atoms with Crippen molar-refractivity contribution in [2.45, 2.75) is 18.9 Å². The Hall–Kier alpha value is -1.37. The highest BCUT2D eigenvalue weighted by Crippen LogP contribution is 2.36. The number of anilines is 1. The number of ether oxygens (including phenoxy) is 1. The number of benzene rings is 1. The number of nitrogens with zero attached hydrogens (tertiary/aromatic N) is 4. The molecule has 2 heterocycles. The van der Waals surface area contributed by atoms with E-state index < -0.39 is 0 Å². The third-order valence-corrected chi connectivity index (χ3v) is 4.07. The highest BCUT2D eigenvalue weighted by Gasteiger charge is 2.23. The Bertz CT molecular complexity index is 624. The van der Waals surface area contributed by atoms with Crippen LogP contribution in [0.2, 0.25) is 10.0 Å². The molecular weight excluding hydrogens is 301 g/mol. The van der Waals surface area contributed by atoms with Gasteiger partial charge in [0.2, 0.25) is 0 Å². The van der Waals surface area contributed by atoms with E-state index in [4.69, 9.17) is 33.7 Å². The first-order valence-electron chi connectivity index (χ1n) is 6.27. The molecule has 3 rings (SSSR count). The summed E-state index contributed by atoms with van der Waals surface area (Å²) in [6.07, 6.45) is 1.95. The molecule has 8 heteroatoms. The first-order chi connectivity index (χ1) is 9.66. The zero-order valence-corrected chi connectivity index (χ0v) is 12.1. The van der Waals surface area contributed by atoms with Crippen LogP contribution in [0.25, 0.3) is 11.4 Å². The molecular formula is C12H13Cl2N5O. The second-order valence-electron chi connectivity index (χ2n) is 4.68. The van der Waals surface area contributed by atoms with Crippen LogP contribution in [-0.2, 0) is 4.74 Å². The summed E-state index contributed by atoms with van der Waals surface area (Å²) in [5.41, 5.74) is 6.97. The molecule has 1 aromatic heterocycles. The first kappa shape index (κ1) is 13.6. The average molecular weight is 314 g/mol. The molecule has 6 nitrogen and oxygen atoms in total. The van der Waals surface area contributed by atoms with Gasteiger partial charge in [-0.25, -0.2) is 4.68 Å². The summed E-state index contributed by atoms with van der Waals surface area (Å²) >= 11 is 12.3. The molecule has 0 bridgehead atoms. The standard InChI is InChI=1S/C12H13Cl2N5O/c13-10-5-7(15)4-9(11(10)14)12-16-17-18-19(12)8-2-1-3-20-6-8/h4-5,8H,1-3,6,15H2. The highest BCUT2D eigenvalue weighted by molar-refractivity contribution is 6.43. The summed E-state index contributed by atoms with van der Waals surface area (Å²) < 4.78 is 7.21. The Morgan fingerprint density at radius 2 is 2.20 bits per heavy atom. The maximum Gasteiger partial charge on any atom is 0.184 e. The van der Waals surface area contributed by atoms with Crippen LogP contribution in [0, 0.1) is 0 Å². The fourth-order valence-electron chi connectivity index (χ4n) is 2.31. The second kappa shape index (κ2) is 5.55. The van der Waals surface area contributed by atoms with E-state index in [0.29, 0.717) is 33.7 Å². The molecule has 2 N–H and O–H groups in total. The molecule has 0 spiro atoms. The molecule has 1 atom stereocenters. The third-order valence-electron chi connectivity index (χ3n) is 3.27. The van der Waals surface area contributed by atoms with Crippen LogP contribution in [-0.4, -0.2) is 33.4 Å². The summed E-state index contributed by atoms with van der Waals surface area (Å²) in [7, 11) is 0. The molecule has 0 radical (unpaired) electrons. The van der Waals surface area contributed by atoms with Gasteiger partial charge in [-0.15, -0.1) is 5.10 Å². The largest absolute Gasteiger partial charge is 0.399 e. The molecule has 1 aromatic carbocycles. The van der Waals surface area contributed by atoms with Crippen molar-refractivity contribution in [1.29, 1.82) is 0 Å². The van der Waals surface area contributed by atoms with Crippen molar-refractivity contribution in [2.24, 2.45) is 0 Å². The van der Waals surface area contributed by atoms with Gasteiger partial charge in [0.15, 0.2) is 5.82 Å². The SMILES string of the molecule is Nc1cc(Cl)c(Cl)c(-c2nnnn2C2CCCOC2)c1. The van der Waals surface area contributed by atoms with Crippen LogP contribution >= 0.6 is 23.2 Å². The minimum Gasteiger partial charge on any atom is -0.399 e. The maximum atomic E-state index is 6.24. The molecule has 0 aliphatic carbocycles. The number of nitrogens with two attached hydrogens (primary N) is 1.